The molecule has 1 aliphatic rings. The molecule has 0 radical (unpaired) electrons. The van der Waals surface area contributed by atoms with E-state index >= 15 is 0 Å². The Morgan fingerprint density at radius 1 is 1.41 bits per heavy atom. The number of nitrogens with zero attached hydrogens (tertiary/aromatic N) is 3. The zero-order chi connectivity index (χ0) is 12.3. The van der Waals surface area contributed by atoms with Gasteiger partial charge in [0.15, 0.2) is 0 Å². The van der Waals surface area contributed by atoms with Crippen LogP contribution in [0, 0.1) is 0 Å². The second-order valence-electron chi connectivity index (χ2n) is 4.79. The lowest BCUT2D eigenvalue weighted by atomic mass is 10.1. The fraction of sp³-hybridized carbons (Fsp3) is 0.667. The largest absolute Gasteiger partial charge is 0.340 e. The minimum atomic E-state index is 0.223. The molecule has 2 heterocycles. The van der Waals surface area contributed by atoms with Gasteiger partial charge in [0, 0.05) is 50.5 Å². The van der Waals surface area contributed by atoms with Crippen molar-refractivity contribution in [1.82, 2.24) is 20.0 Å². The fourth-order valence-corrected chi connectivity index (χ4v) is 2.33. The number of piperazine rings is 1. The van der Waals surface area contributed by atoms with Crippen molar-refractivity contribution >= 4 is 5.91 Å². The summed E-state index contributed by atoms with van der Waals surface area (Å²) in [6.07, 6.45) is 4.15. The molecule has 1 N–H and O–H groups in total. The Balaban J connectivity index is 1.83. The third-order valence-corrected chi connectivity index (χ3v) is 3.02. The number of aryl methyl sites for hydroxylation is 1. The van der Waals surface area contributed by atoms with E-state index in [-0.39, 0.29) is 5.91 Å². The van der Waals surface area contributed by atoms with Gasteiger partial charge in [-0.1, -0.05) is 0 Å². The summed E-state index contributed by atoms with van der Waals surface area (Å²) in [5.41, 5.74) is 0. The normalized spacial score (nSPS) is 24.9. The maximum atomic E-state index is 12.0. The first-order valence-corrected chi connectivity index (χ1v) is 6.16. The van der Waals surface area contributed by atoms with Crippen LogP contribution in [0.5, 0.6) is 0 Å². The van der Waals surface area contributed by atoms with Gasteiger partial charge in [-0.05, 0) is 19.9 Å². The first-order valence-electron chi connectivity index (χ1n) is 6.16. The number of amides is 1. The lowest BCUT2D eigenvalue weighted by Gasteiger charge is -2.36. The van der Waals surface area contributed by atoms with Gasteiger partial charge in [-0.2, -0.15) is 5.10 Å². The van der Waals surface area contributed by atoms with Crippen LogP contribution in [0.15, 0.2) is 18.5 Å². The van der Waals surface area contributed by atoms with Gasteiger partial charge in [0.1, 0.15) is 0 Å². The minimum absolute atomic E-state index is 0.223. The van der Waals surface area contributed by atoms with Crippen molar-refractivity contribution in [2.24, 2.45) is 0 Å². The number of hydrogen-bond acceptors (Lipinski definition) is 3. The third-order valence-electron chi connectivity index (χ3n) is 3.02. The quantitative estimate of drug-likeness (QED) is 0.830. The Hall–Kier alpha value is -1.36. The van der Waals surface area contributed by atoms with E-state index in [1.165, 1.54) is 0 Å². The van der Waals surface area contributed by atoms with Crippen LogP contribution in [-0.2, 0) is 11.3 Å². The number of carbonyl (C=O) groups excluding carboxylic acids is 1. The molecule has 1 aliphatic heterocycles. The zero-order valence-electron chi connectivity index (χ0n) is 10.5. The van der Waals surface area contributed by atoms with Crippen molar-refractivity contribution in [2.45, 2.75) is 38.9 Å². The molecule has 5 heteroatoms. The smallest absolute Gasteiger partial charge is 0.224 e. The predicted octanol–water partition coefficient (Wildman–Crippen LogP) is 0.482. The summed E-state index contributed by atoms with van der Waals surface area (Å²) in [7, 11) is 0. The zero-order valence-corrected chi connectivity index (χ0v) is 10.5. The van der Waals surface area contributed by atoms with Crippen LogP contribution in [0.25, 0.3) is 0 Å². The molecular weight excluding hydrogens is 216 g/mol. The van der Waals surface area contributed by atoms with E-state index in [2.05, 4.69) is 24.3 Å². The molecule has 0 spiro atoms. The summed E-state index contributed by atoms with van der Waals surface area (Å²) >= 11 is 0. The van der Waals surface area contributed by atoms with E-state index in [0.29, 0.717) is 25.0 Å². The molecule has 1 fully saturated rings. The molecular formula is C12H20N4O. The summed E-state index contributed by atoms with van der Waals surface area (Å²) < 4.78 is 1.80. The van der Waals surface area contributed by atoms with Crippen molar-refractivity contribution < 1.29 is 4.79 Å². The molecule has 0 bridgehead atoms. The Morgan fingerprint density at radius 2 is 2.12 bits per heavy atom. The van der Waals surface area contributed by atoms with Crippen molar-refractivity contribution in [3.63, 3.8) is 0 Å². The van der Waals surface area contributed by atoms with Crippen molar-refractivity contribution in [3.8, 4) is 0 Å². The highest BCUT2D eigenvalue weighted by molar-refractivity contribution is 5.76. The van der Waals surface area contributed by atoms with Gasteiger partial charge in [-0.15, -0.1) is 0 Å². The van der Waals surface area contributed by atoms with Crippen LogP contribution in [-0.4, -0.2) is 45.8 Å². The third kappa shape index (κ3) is 3.30. The first kappa shape index (κ1) is 12.1. The Bertz CT molecular complexity index is 353. The Kier molecular flexibility index (Phi) is 3.78. The summed E-state index contributed by atoms with van der Waals surface area (Å²) in [4.78, 5) is 14.0. The highest BCUT2D eigenvalue weighted by Gasteiger charge is 2.24. The van der Waals surface area contributed by atoms with E-state index in [1.807, 2.05) is 17.2 Å². The number of rotatable bonds is 3. The standard InChI is InChI=1S/C12H20N4O/c1-10-8-15(9-11(2)14-10)12(17)4-7-16-6-3-5-13-16/h3,5-6,10-11,14H,4,7-9H2,1-2H3/t10-,11+. The lowest BCUT2D eigenvalue weighted by Crippen LogP contribution is -2.55. The molecule has 0 aliphatic carbocycles. The number of hydrogen-bond donors (Lipinski definition) is 1. The number of nitrogens with one attached hydrogen (secondary N) is 1. The maximum Gasteiger partial charge on any atom is 0.224 e. The topological polar surface area (TPSA) is 50.2 Å². The van der Waals surface area contributed by atoms with Crippen LogP contribution in [0.3, 0.4) is 0 Å². The number of aromatic nitrogens is 2. The molecule has 2 rings (SSSR count). The molecule has 0 unspecified atom stereocenters. The molecule has 1 amide bonds. The number of carbonyl (C=O) groups is 1. The Labute approximate surface area is 102 Å². The second-order valence-corrected chi connectivity index (χ2v) is 4.79. The van der Waals surface area contributed by atoms with E-state index in [0.717, 1.165) is 13.1 Å². The van der Waals surface area contributed by atoms with Gasteiger partial charge in [-0.25, -0.2) is 0 Å². The van der Waals surface area contributed by atoms with Crippen LogP contribution < -0.4 is 5.32 Å². The van der Waals surface area contributed by atoms with Gasteiger partial charge in [0.25, 0.3) is 0 Å². The van der Waals surface area contributed by atoms with Crippen LogP contribution in [0.2, 0.25) is 0 Å². The van der Waals surface area contributed by atoms with Gasteiger partial charge in [-0.3, -0.25) is 9.48 Å². The summed E-state index contributed by atoms with van der Waals surface area (Å²) in [6.45, 7) is 6.51. The lowest BCUT2D eigenvalue weighted by molar-refractivity contribution is -0.133. The highest BCUT2D eigenvalue weighted by Crippen LogP contribution is 2.06. The summed E-state index contributed by atoms with van der Waals surface area (Å²) in [5, 5.41) is 7.52. The van der Waals surface area contributed by atoms with E-state index in [1.54, 1.807) is 10.9 Å². The molecule has 0 saturated carbocycles. The predicted molar refractivity (Wildman–Crippen MR) is 65.5 cm³/mol. The monoisotopic (exact) mass is 236 g/mol. The maximum absolute atomic E-state index is 12.0. The van der Waals surface area contributed by atoms with E-state index in [4.69, 9.17) is 0 Å². The Morgan fingerprint density at radius 3 is 2.71 bits per heavy atom. The minimum Gasteiger partial charge on any atom is -0.340 e. The molecule has 2 atom stereocenters. The molecule has 17 heavy (non-hydrogen) atoms. The van der Waals surface area contributed by atoms with Crippen LogP contribution in [0.1, 0.15) is 20.3 Å². The highest BCUT2D eigenvalue weighted by atomic mass is 16.2. The molecule has 94 valence electrons. The molecule has 0 aromatic carbocycles. The molecule has 5 nitrogen and oxygen atoms in total. The molecule has 1 saturated heterocycles. The van der Waals surface area contributed by atoms with E-state index in [9.17, 15) is 4.79 Å². The van der Waals surface area contributed by atoms with Crippen molar-refractivity contribution in [2.75, 3.05) is 13.1 Å². The summed E-state index contributed by atoms with van der Waals surface area (Å²) in [6, 6.07) is 2.64. The first-order chi connectivity index (χ1) is 8.15. The van der Waals surface area contributed by atoms with Gasteiger partial charge in [0.05, 0.1) is 0 Å². The van der Waals surface area contributed by atoms with Gasteiger partial charge < -0.3 is 10.2 Å². The molecule has 1 aromatic heterocycles. The second kappa shape index (κ2) is 5.31. The molecule has 1 aromatic rings. The van der Waals surface area contributed by atoms with Crippen LogP contribution >= 0.6 is 0 Å². The van der Waals surface area contributed by atoms with Gasteiger partial charge in [0.2, 0.25) is 5.91 Å². The average molecular weight is 236 g/mol. The fourth-order valence-electron chi connectivity index (χ4n) is 2.33. The van der Waals surface area contributed by atoms with E-state index < -0.39 is 0 Å². The average Bonchev–Trinajstić information content (AvgIpc) is 2.77. The SMILES string of the molecule is C[C@@H]1CN(C(=O)CCn2cccn2)C[C@H](C)N1. The van der Waals surface area contributed by atoms with Crippen molar-refractivity contribution in [3.05, 3.63) is 18.5 Å². The van der Waals surface area contributed by atoms with Crippen molar-refractivity contribution in [1.29, 1.82) is 0 Å². The van der Waals surface area contributed by atoms with Crippen LogP contribution in [0.4, 0.5) is 0 Å². The summed E-state index contributed by atoms with van der Waals surface area (Å²) in [5.74, 6) is 0.223. The van der Waals surface area contributed by atoms with Gasteiger partial charge >= 0.3 is 0 Å².